The van der Waals surface area contributed by atoms with E-state index in [2.05, 4.69) is 10.5 Å². The molecule has 0 bridgehead atoms. The molecule has 0 aromatic heterocycles. The van der Waals surface area contributed by atoms with Gasteiger partial charge in [0, 0.05) is 19.5 Å². The molecule has 18 heavy (non-hydrogen) atoms. The maximum absolute atomic E-state index is 12.0. The first-order chi connectivity index (χ1) is 8.65. The zero-order valence-corrected chi connectivity index (χ0v) is 10.8. The van der Waals surface area contributed by atoms with Crippen molar-refractivity contribution < 1.29 is 14.7 Å². The standard InChI is InChI=1S/C11H22N4O3/c1-9(13-4-2-3-10(12)14-17)11(16)15-5-7-18-8-6-15/h9,13,17H,2-8H2,1H3,(H2,12,14). The number of oxime groups is 1. The first-order valence-electron chi connectivity index (χ1n) is 6.21. The van der Waals surface area contributed by atoms with Gasteiger partial charge in [-0.1, -0.05) is 5.16 Å². The molecule has 1 saturated heterocycles. The fourth-order valence-electron chi connectivity index (χ4n) is 1.78. The first kappa shape index (κ1) is 14.7. The van der Waals surface area contributed by atoms with Gasteiger partial charge in [0.05, 0.1) is 19.3 Å². The van der Waals surface area contributed by atoms with Crippen molar-refractivity contribution in [3.8, 4) is 0 Å². The Kier molecular flexibility index (Phi) is 6.45. The Hall–Kier alpha value is -1.34. The van der Waals surface area contributed by atoms with E-state index in [0.717, 1.165) is 6.42 Å². The second-order valence-electron chi connectivity index (χ2n) is 4.31. The third-order valence-corrected chi connectivity index (χ3v) is 2.88. The lowest BCUT2D eigenvalue weighted by Gasteiger charge is -2.29. The van der Waals surface area contributed by atoms with Gasteiger partial charge in [-0.25, -0.2) is 0 Å². The average molecular weight is 258 g/mol. The van der Waals surface area contributed by atoms with Crippen LogP contribution in [0.5, 0.6) is 0 Å². The Morgan fingerprint density at radius 2 is 2.22 bits per heavy atom. The number of nitrogens with zero attached hydrogens (tertiary/aromatic N) is 2. The zero-order chi connectivity index (χ0) is 13.4. The maximum Gasteiger partial charge on any atom is 0.239 e. The van der Waals surface area contributed by atoms with Crippen molar-refractivity contribution in [1.29, 1.82) is 0 Å². The second-order valence-corrected chi connectivity index (χ2v) is 4.31. The summed E-state index contributed by atoms with van der Waals surface area (Å²) < 4.78 is 5.20. The molecule has 1 amide bonds. The van der Waals surface area contributed by atoms with Crippen LogP contribution in [0.3, 0.4) is 0 Å². The van der Waals surface area contributed by atoms with E-state index >= 15 is 0 Å². The van der Waals surface area contributed by atoms with Crippen LogP contribution in [0.2, 0.25) is 0 Å². The van der Waals surface area contributed by atoms with Crippen LogP contribution >= 0.6 is 0 Å². The Morgan fingerprint density at radius 1 is 1.56 bits per heavy atom. The number of morpholine rings is 1. The van der Waals surface area contributed by atoms with Gasteiger partial charge < -0.3 is 25.9 Å². The molecule has 7 nitrogen and oxygen atoms in total. The molecule has 104 valence electrons. The molecule has 1 heterocycles. The van der Waals surface area contributed by atoms with Crippen LogP contribution in [0.1, 0.15) is 19.8 Å². The maximum atomic E-state index is 12.0. The molecule has 0 aromatic carbocycles. The van der Waals surface area contributed by atoms with E-state index in [-0.39, 0.29) is 17.8 Å². The summed E-state index contributed by atoms with van der Waals surface area (Å²) in [4.78, 5) is 13.8. The summed E-state index contributed by atoms with van der Waals surface area (Å²) in [5.41, 5.74) is 5.35. The molecule has 1 rings (SSSR count). The SMILES string of the molecule is CC(NCCCC(N)=NO)C(=O)N1CCOCC1. The number of nitrogens with two attached hydrogens (primary N) is 1. The number of ether oxygens (including phenoxy) is 1. The van der Waals surface area contributed by atoms with E-state index in [1.807, 2.05) is 11.8 Å². The fourth-order valence-corrected chi connectivity index (χ4v) is 1.78. The molecule has 0 radical (unpaired) electrons. The van der Waals surface area contributed by atoms with Crippen LogP contribution in [0, 0.1) is 0 Å². The summed E-state index contributed by atoms with van der Waals surface area (Å²) in [6.07, 6.45) is 1.25. The quantitative estimate of drug-likeness (QED) is 0.193. The highest BCUT2D eigenvalue weighted by molar-refractivity contribution is 5.81. The van der Waals surface area contributed by atoms with E-state index < -0.39 is 0 Å². The van der Waals surface area contributed by atoms with E-state index in [4.69, 9.17) is 15.7 Å². The van der Waals surface area contributed by atoms with E-state index in [9.17, 15) is 4.79 Å². The Balaban J connectivity index is 2.19. The van der Waals surface area contributed by atoms with Crippen LogP contribution in [-0.2, 0) is 9.53 Å². The molecule has 4 N–H and O–H groups in total. The molecule has 7 heteroatoms. The van der Waals surface area contributed by atoms with Crippen molar-refractivity contribution in [1.82, 2.24) is 10.2 Å². The Labute approximate surface area is 107 Å². The Bertz CT molecular complexity index is 290. The summed E-state index contributed by atoms with van der Waals surface area (Å²) in [5.74, 6) is 0.311. The van der Waals surface area contributed by atoms with E-state index in [1.165, 1.54) is 0 Å². The number of amides is 1. The third-order valence-electron chi connectivity index (χ3n) is 2.88. The fraction of sp³-hybridized carbons (Fsp3) is 0.818. The predicted octanol–water partition coefficient (Wildman–Crippen LogP) is -0.650. The summed E-state index contributed by atoms with van der Waals surface area (Å²) >= 11 is 0. The lowest BCUT2D eigenvalue weighted by atomic mass is 10.2. The molecule has 0 aromatic rings. The topological polar surface area (TPSA) is 100 Å². The number of amidine groups is 1. The number of hydrogen-bond acceptors (Lipinski definition) is 5. The normalized spacial score (nSPS) is 18.7. The minimum Gasteiger partial charge on any atom is -0.409 e. The summed E-state index contributed by atoms with van der Waals surface area (Å²) in [7, 11) is 0. The van der Waals surface area contributed by atoms with Crippen LogP contribution in [0.4, 0.5) is 0 Å². The lowest BCUT2D eigenvalue weighted by molar-refractivity contribution is -0.137. The summed E-state index contributed by atoms with van der Waals surface area (Å²) in [5, 5.41) is 14.4. The number of carbonyl (C=O) groups is 1. The molecular weight excluding hydrogens is 236 g/mol. The minimum absolute atomic E-state index is 0.0992. The van der Waals surface area contributed by atoms with Crippen molar-refractivity contribution >= 4 is 11.7 Å². The van der Waals surface area contributed by atoms with E-state index in [1.54, 1.807) is 0 Å². The largest absolute Gasteiger partial charge is 0.409 e. The summed E-state index contributed by atoms with van der Waals surface area (Å²) in [6, 6.07) is -0.213. The summed E-state index contributed by atoms with van der Waals surface area (Å²) in [6.45, 7) is 5.06. The van der Waals surface area contributed by atoms with Crippen LogP contribution in [-0.4, -0.2) is 60.7 Å². The molecule has 1 fully saturated rings. The lowest BCUT2D eigenvalue weighted by Crippen LogP contribution is -2.49. The predicted molar refractivity (Wildman–Crippen MR) is 67.5 cm³/mol. The van der Waals surface area contributed by atoms with Crippen LogP contribution in [0.25, 0.3) is 0 Å². The van der Waals surface area contributed by atoms with Crippen LogP contribution in [0.15, 0.2) is 5.16 Å². The highest BCUT2D eigenvalue weighted by Crippen LogP contribution is 2.00. The smallest absolute Gasteiger partial charge is 0.239 e. The highest BCUT2D eigenvalue weighted by atomic mass is 16.5. The van der Waals surface area contributed by atoms with Gasteiger partial charge in [-0.05, 0) is 19.9 Å². The van der Waals surface area contributed by atoms with Gasteiger partial charge in [0.2, 0.25) is 5.91 Å². The van der Waals surface area contributed by atoms with Gasteiger partial charge in [-0.15, -0.1) is 0 Å². The molecule has 1 unspecified atom stereocenters. The van der Waals surface area contributed by atoms with Gasteiger partial charge in [-0.3, -0.25) is 4.79 Å². The van der Waals surface area contributed by atoms with Gasteiger partial charge >= 0.3 is 0 Å². The van der Waals surface area contributed by atoms with Crippen LogP contribution < -0.4 is 11.1 Å². The molecule has 1 aliphatic rings. The van der Waals surface area contributed by atoms with E-state index in [0.29, 0.717) is 39.3 Å². The van der Waals surface area contributed by atoms with Crippen molar-refractivity contribution in [2.45, 2.75) is 25.8 Å². The first-order valence-corrected chi connectivity index (χ1v) is 6.21. The van der Waals surface area contributed by atoms with Gasteiger partial charge in [-0.2, -0.15) is 0 Å². The Morgan fingerprint density at radius 3 is 2.83 bits per heavy atom. The van der Waals surface area contributed by atoms with Crippen molar-refractivity contribution in [2.75, 3.05) is 32.8 Å². The molecule has 0 spiro atoms. The van der Waals surface area contributed by atoms with Gasteiger partial charge in [0.15, 0.2) is 0 Å². The number of carbonyl (C=O) groups excluding carboxylic acids is 1. The zero-order valence-electron chi connectivity index (χ0n) is 10.8. The number of hydrogen-bond donors (Lipinski definition) is 3. The monoisotopic (exact) mass is 258 g/mol. The molecule has 1 atom stereocenters. The molecule has 1 aliphatic heterocycles. The van der Waals surface area contributed by atoms with Crippen molar-refractivity contribution in [3.05, 3.63) is 0 Å². The highest BCUT2D eigenvalue weighted by Gasteiger charge is 2.21. The van der Waals surface area contributed by atoms with Gasteiger partial charge in [0.1, 0.15) is 5.84 Å². The third kappa shape index (κ3) is 4.89. The average Bonchev–Trinajstić information content (AvgIpc) is 2.43. The molecular formula is C11H22N4O3. The van der Waals surface area contributed by atoms with Crippen molar-refractivity contribution in [2.24, 2.45) is 10.9 Å². The number of rotatable bonds is 6. The molecule has 0 aliphatic carbocycles. The van der Waals surface area contributed by atoms with Crippen molar-refractivity contribution in [3.63, 3.8) is 0 Å². The minimum atomic E-state index is -0.213. The second kappa shape index (κ2) is 7.88. The van der Waals surface area contributed by atoms with Gasteiger partial charge in [0.25, 0.3) is 0 Å². The molecule has 0 saturated carbocycles. The number of nitrogens with one attached hydrogen (secondary N) is 1.